The third kappa shape index (κ3) is 5.43. The van der Waals surface area contributed by atoms with E-state index in [4.69, 9.17) is 0 Å². The summed E-state index contributed by atoms with van der Waals surface area (Å²) in [5, 5.41) is 2.81. The van der Waals surface area contributed by atoms with E-state index >= 15 is 0 Å². The van der Waals surface area contributed by atoms with Gasteiger partial charge in [-0.1, -0.05) is 20.8 Å². The van der Waals surface area contributed by atoms with Crippen LogP contribution in [-0.2, 0) is 4.79 Å². The molecule has 0 fully saturated rings. The van der Waals surface area contributed by atoms with Crippen molar-refractivity contribution in [1.82, 2.24) is 5.32 Å². The highest BCUT2D eigenvalue weighted by Crippen LogP contribution is 2.18. The molecule has 94 valence electrons. The zero-order chi connectivity index (χ0) is 13.1. The molecule has 0 saturated heterocycles. The largest absolute Gasteiger partial charge is 0.323 e. The third-order valence-corrected chi connectivity index (χ3v) is 2.12. The summed E-state index contributed by atoms with van der Waals surface area (Å²) in [6.07, 6.45) is 5.52. The van der Waals surface area contributed by atoms with E-state index in [1.54, 1.807) is 18.6 Å². The van der Waals surface area contributed by atoms with Crippen molar-refractivity contribution in [2.45, 2.75) is 46.6 Å². The summed E-state index contributed by atoms with van der Waals surface area (Å²) in [6, 6.07) is 0. The summed E-state index contributed by atoms with van der Waals surface area (Å²) in [5.74, 6) is -0.00916. The molecule has 1 N–H and O–H groups in total. The highest BCUT2D eigenvalue weighted by Gasteiger charge is 2.17. The summed E-state index contributed by atoms with van der Waals surface area (Å²) in [7, 11) is 0. The molecule has 17 heavy (non-hydrogen) atoms. The van der Waals surface area contributed by atoms with Crippen LogP contribution in [0, 0.1) is 5.41 Å². The minimum atomic E-state index is -0.312. The highest BCUT2D eigenvalue weighted by molar-refractivity contribution is 5.90. The molecular formula is C13H21N3O. The summed E-state index contributed by atoms with van der Waals surface area (Å²) in [5.41, 5.74) is 0.309. The van der Waals surface area contributed by atoms with Crippen molar-refractivity contribution in [1.29, 1.82) is 0 Å². The van der Waals surface area contributed by atoms with E-state index in [2.05, 4.69) is 15.3 Å². The molecule has 0 atom stereocenters. The number of carbonyl (C=O) groups is 1. The van der Waals surface area contributed by atoms with Gasteiger partial charge in [0, 0.05) is 18.9 Å². The van der Waals surface area contributed by atoms with Gasteiger partial charge in [-0.15, -0.1) is 0 Å². The number of rotatable bonds is 2. The Morgan fingerprint density at radius 2 is 2.06 bits per heavy atom. The van der Waals surface area contributed by atoms with Crippen LogP contribution >= 0.6 is 0 Å². The maximum atomic E-state index is 11.7. The van der Waals surface area contributed by atoms with Gasteiger partial charge in [-0.05, 0) is 19.3 Å². The highest BCUT2D eigenvalue weighted by atomic mass is 16.1. The summed E-state index contributed by atoms with van der Waals surface area (Å²) >= 11 is 0. The number of nitrogens with one attached hydrogen (secondary N) is 1. The Morgan fingerprint density at radius 3 is 2.65 bits per heavy atom. The Morgan fingerprint density at radius 1 is 1.41 bits per heavy atom. The third-order valence-electron chi connectivity index (χ3n) is 2.12. The smallest absolute Gasteiger partial charge is 0.224 e. The van der Waals surface area contributed by atoms with Crippen LogP contribution in [0.5, 0.6) is 0 Å². The number of allylic oxidation sites excluding steroid dienone is 1. The van der Waals surface area contributed by atoms with Crippen molar-refractivity contribution in [3.63, 3.8) is 0 Å². The predicted molar refractivity (Wildman–Crippen MR) is 71.4 cm³/mol. The molecule has 1 rings (SSSR count). The molecule has 1 amide bonds. The van der Waals surface area contributed by atoms with E-state index in [1.165, 1.54) is 0 Å². The van der Waals surface area contributed by atoms with Crippen LogP contribution in [0.3, 0.4) is 0 Å². The Labute approximate surface area is 103 Å². The van der Waals surface area contributed by atoms with E-state index in [9.17, 15) is 4.79 Å². The fourth-order valence-electron chi connectivity index (χ4n) is 1.35. The monoisotopic (exact) mass is 235 g/mol. The van der Waals surface area contributed by atoms with E-state index in [1.807, 2.05) is 34.6 Å². The van der Waals surface area contributed by atoms with E-state index in [0.717, 1.165) is 0 Å². The van der Waals surface area contributed by atoms with Crippen molar-refractivity contribution in [2.75, 3.05) is 0 Å². The second-order valence-electron chi connectivity index (χ2n) is 6.06. The van der Waals surface area contributed by atoms with Crippen molar-refractivity contribution in [2.24, 2.45) is 15.4 Å². The first-order valence-corrected chi connectivity index (χ1v) is 5.78. The zero-order valence-corrected chi connectivity index (χ0v) is 11.2. The van der Waals surface area contributed by atoms with Crippen molar-refractivity contribution >= 4 is 18.3 Å². The molecule has 0 aromatic carbocycles. The molecule has 0 aromatic rings. The lowest BCUT2D eigenvalue weighted by Gasteiger charge is -2.17. The van der Waals surface area contributed by atoms with E-state index < -0.39 is 0 Å². The molecule has 0 aromatic heterocycles. The molecule has 4 nitrogen and oxygen atoms in total. The van der Waals surface area contributed by atoms with Crippen LogP contribution in [0.15, 0.2) is 21.9 Å². The Hall–Kier alpha value is -1.45. The maximum absolute atomic E-state index is 11.7. The number of carbonyl (C=O) groups excluding carboxylic acids is 1. The topological polar surface area (TPSA) is 53.8 Å². The number of hydrogen-bond acceptors (Lipinski definition) is 3. The van der Waals surface area contributed by atoms with Gasteiger partial charge in [0.2, 0.25) is 5.91 Å². The first-order valence-electron chi connectivity index (χ1n) is 5.78. The average Bonchev–Trinajstić information content (AvgIpc) is 2.24. The van der Waals surface area contributed by atoms with Crippen molar-refractivity contribution in [3.05, 3.63) is 11.9 Å². The fourth-order valence-corrected chi connectivity index (χ4v) is 1.35. The molecule has 0 spiro atoms. The Kier molecular flexibility index (Phi) is 3.86. The second-order valence-corrected chi connectivity index (χ2v) is 6.06. The van der Waals surface area contributed by atoms with Gasteiger partial charge in [-0.2, -0.15) is 0 Å². The molecule has 0 unspecified atom stereocenters. The van der Waals surface area contributed by atoms with E-state index in [-0.39, 0.29) is 16.9 Å². The molecule has 0 radical (unpaired) electrons. The molecule has 1 aliphatic heterocycles. The SMILES string of the molecule is CC(C)(C)CC(=O)NC1=CN=CC(C)(C)N=C1. The standard InChI is InChI=1S/C13H21N3O/c1-12(2,3)6-11(17)16-10-7-14-9-13(4,5)15-8-10/h7-9H,6H2,1-5H3,(H,16,17). The first-order chi connectivity index (χ1) is 7.68. The molecule has 0 bridgehead atoms. The van der Waals surface area contributed by atoms with Crippen LogP contribution in [0.25, 0.3) is 0 Å². The molecule has 1 heterocycles. The molecular weight excluding hydrogens is 214 g/mol. The predicted octanol–water partition coefficient (Wildman–Crippen LogP) is 2.31. The van der Waals surface area contributed by atoms with Crippen LogP contribution in [-0.4, -0.2) is 23.9 Å². The minimum absolute atomic E-state index is 0.00916. The Bertz CT molecular complexity index is 384. The Balaban J connectivity index is 2.63. The van der Waals surface area contributed by atoms with E-state index in [0.29, 0.717) is 12.1 Å². The second kappa shape index (κ2) is 4.82. The van der Waals surface area contributed by atoms with Gasteiger partial charge in [0.25, 0.3) is 0 Å². The lowest BCUT2D eigenvalue weighted by Crippen LogP contribution is -2.27. The number of hydrogen-bond donors (Lipinski definition) is 1. The van der Waals surface area contributed by atoms with Gasteiger partial charge in [-0.25, -0.2) is 0 Å². The maximum Gasteiger partial charge on any atom is 0.224 e. The van der Waals surface area contributed by atoms with Crippen molar-refractivity contribution < 1.29 is 4.79 Å². The number of amides is 1. The molecule has 0 aliphatic carbocycles. The molecule has 4 heteroatoms. The summed E-state index contributed by atoms with van der Waals surface area (Å²) < 4.78 is 0. The normalized spacial score (nSPS) is 18.5. The van der Waals surface area contributed by atoms with Gasteiger partial charge in [0.1, 0.15) is 0 Å². The summed E-state index contributed by atoms with van der Waals surface area (Å²) in [6.45, 7) is 10.0. The van der Waals surface area contributed by atoms with Gasteiger partial charge in [0.05, 0.1) is 17.4 Å². The van der Waals surface area contributed by atoms with Gasteiger partial charge < -0.3 is 5.32 Å². The van der Waals surface area contributed by atoms with Crippen LogP contribution in [0.1, 0.15) is 41.0 Å². The summed E-state index contributed by atoms with van der Waals surface area (Å²) in [4.78, 5) is 20.2. The van der Waals surface area contributed by atoms with Gasteiger partial charge >= 0.3 is 0 Å². The van der Waals surface area contributed by atoms with Crippen LogP contribution in [0.4, 0.5) is 0 Å². The fraction of sp³-hybridized carbons (Fsp3) is 0.615. The molecule has 0 saturated carbocycles. The molecule has 1 aliphatic rings. The van der Waals surface area contributed by atoms with Gasteiger partial charge in [-0.3, -0.25) is 14.8 Å². The van der Waals surface area contributed by atoms with Crippen molar-refractivity contribution in [3.8, 4) is 0 Å². The number of aliphatic imine (C=N–C) groups is 2. The van der Waals surface area contributed by atoms with Gasteiger partial charge in [0.15, 0.2) is 0 Å². The number of nitrogens with zero attached hydrogens (tertiary/aromatic N) is 2. The lowest BCUT2D eigenvalue weighted by atomic mass is 9.92. The van der Waals surface area contributed by atoms with Crippen LogP contribution in [0.2, 0.25) is 0 Å². The minimum Gasteiger partial charge on any atom is -0.323 e. The van der Waals surface area contributed by atoms with Crippen LogP contribution < -0.4 is 5.32 Å². The average molecular weight is 235 g/mol. The quantitative estimate of drug-likeness (QED) is 0.784. The first kappa shape index (κ1) is 13.6. The zero-order valence-electron chi connectivity index (χ0n) is 11.2. The lowest BCUT2D eigenvalue weighted by molar-refractivity contribution is -0.121.